The highest BCUT2D eigenvalue weighted by Gasteiger charge is 2.32. The largest absolute Gasteiger partial charge is 0.573 e. The summed E-state index contributed by atoms with van der Waals surface area (Å²) in [4.78, 5) is 0. The van der Waals surface area contributed by atoms with Gasteiger partial charge in [0.05, 0.1) is 5.56 Å². The Labute approximate surface area is 132 Å². The SMILES string of the molecule is CC(C)c1c(F)c(F)c(-c2cccc(OC(F)(F)F)c2)c(F)c1F. The first kappa shape index (κ1) is 18.1. The fourth-order valence-corrected chi connectivity index (χ4v) is 2.26. The molecule has 0 fully saturated rings. The maximum absolute atomic E-state index is 14.2. The summed E-state index contributed by atoms with van der Waals surface area (Å²) in [6.07, 6.45) is -5.02. The van der Waals surface area contributed by atoms with Crippen LogP contribution < -0.4 is 4.74 Å². The van der Waals surface area contributed by atoms with Gasteiger partial charge in [-0.2, -0.15) is 0 Å². The van der Waals surface area contributed by atoms with E-state index < -0.39 is 58.0 Å². The first-order valence-electron chi connectivity index (χ1n) is 6.75. The van der Waals surface area contributed by atoms with E-state index >= 15 is 0 Å². The minimum Gasteiger partial charge on any atom is -0.406 e. The standard InChI is InChI=1S/C16H11F7O/c1-7(2)10-12(17)14(19)11(15(20)13(10)18)8-4-3-5-9(6-8)24-16(21,22)23/h3-7H,1-2H3. The van der Waals surface area contributed by atoms with E-state index in [-0.39, 0.29) is 0 Å². The van der Waals surface area contributed by atoms with E-state index in [1.807, 2.05) is 0 Å². The molecule has 0 aliphatic rings. The number of rotatable bonds is 3. The molecule has 24 heavy (non-hydrogen) atoms. The van der Waals surface area contributed by atoms with Gasteiger partial charge in [-0.15, -0.1) is 13.2 Å². The van der Waals surface area contributed by atoms with Crippen molar-refractivity contribution >= 4 is 0 Å². The molecule has 0 atom stereocenters. The molecule has 1 nitrogen and oxygen atoms in total. The van der Waals surface area contributed by atoms with Gasteiger partial charge in [0.25, 0.3) is 0 Å². The summed E-state index contributed by atoms with van der Waals surface area (Å²) in [6.45, 7) is 2.69. The van der Waals surface area contributed by atoms with Crippen molar-refractivity contribution in [3.8, 4) is 16.9 Å². The third-order valence-corrected chi connectivity index (χ3v) is 3.23. The molecule has 0 amide bonds. The Morgan fingerprint density at radius 1 is 0.875 bits per heavy atom. The molecule has 2 aromatic carbocycles. The lowest BCUT2D eigenvalue weighted by molar-refractivity contribution is -0.274. The van der Waals surface area contributed by atoms with Gasteiger partial charge in [-0.3, -0.25) is 0 Å². The topological polar surface area (TPSA) is 9.23 Å². The summed E-state index contributed by atoms with van der Waals surface area (Å²) < 4.78 is 96.7. The second-order valence-electron chi connectivity index (χ2n) is 5.27. The van der Waals surface area contributed by atoms with Gasteiger partial charge in [0.1, 0.15) is 5.75 Å². The molecule has 2 aromatic rings. The van der Waals surface area contributed by atoms with Crippen molar-refractivity contribution < 1.29 is 35.5 Å². The van der Waals surface area contributed by atoms with Crippen LogP contribution in [0.25, 0.3) is 11.1 Å². The van der Waals surface area contributed by atoms with Gasteiger partial charge in [0, 0.05) is 5.56 Å². The van der Waals surface area contributed by atoms with Gasteiger partial charge < -0.3 is 4.74 Å². The number of halogens is 7. The zero-order valence-electron chi connectivity index (χ0n) is 12.4. The maximum atomic E-state index is 14.2. The number of ether oxygens (including phenoxy) is 1. The molecule has 0 radical (unpaired) electrons. The predicted octanol–water partition coefficient (Wildman–Crippen LogP) is 5.93. The minimum atomic E-state index is -5.02. The van der Waals surface area contributed by atoms with E-state index in [0.717, 1.165) is 18.2 Å². The van der Waals surface area contributed by atoms with Gasteiger partial charge in [-0.1, -0.05) is 26.0 Å². The van der Waals surface area contributed by atoms with Gasteiger partial charge in [-0.05, 0) is 23.6 Å². The molecular formula is C16H11F7O. The monoisotopic (exact) mass is 352 g/mol. The van der Waals surface area contributed by atoms with Gasteiger partial charge >= 0.3 is 6.36 Å². The summed E-state index contributed by atoms with van der Waals surface area (Å²) >= 11 is 0. The Bertz CT molecular complexity index is 737. The van der Waals surface area contributed by atoms with Crippen molar-refractivity contribution in [2.24, 2.45) is 0 Å². The van der Waals surface area contributed by atoms with Crippen LogP contribution in [0, 0.1) is 23.3 Å². The lowest BCUT2D eigenvalue weighted by Gasteiger charge is -2.15. The third kappa shape index (κ3) is 3.47. The van der Waals surface area contributed by atoms with E-state index in [1.54, 1.807) is 0 Å². The zero-order chi connectivity index (χ0) is 18.2. The summed E-state index contributed by atoms with van der Waals surface area (Å²) in [5.74, 6) is -8.12. The molecule has 0 unspecified atom stereocenters. The Kier molecular flexibility index (Phi) is 4.77. The van der Waals surface area contributed by atoms with Crippen LogP contribution in [-0.2, 0) is 0 Å². The number of hydrogen-bond donors (Lipinski definition) is 0. The average Bonchev–Trinajstić information content (AvgIpc) is 2.44. The molecule has 8 heteroatoms. The summed E-state index contributed by atoms with van der Waals surface area (Å²) in [5.41, 5.74) is -2.35. The van der Waals surface area contributed by atoms with Crippen molar-refractivity contribution in [2.75, 3.05) is 0 Å². The van der Waals surface area contributed by atoms with Gasteiger partial charge in [0.2, 0.25) is 0 Å². The lowest BCUT2D eigenvalue weighted by atomic mass is 9.95. The van der Waals surface area contributed by atoms with Crippen molar-refractivity contribution in [2.45, 2.75) is 26.1 Å². The molecule has 0 heterocycles. The molecule has 2 rings (SSSR count). The molecule has 0 aromatic heterocycles. The Hall–Kier alpha value is -2.25. The fraction of sp³-hybridized carbons (Fsp3) is 0.250. The summed E-state index contributed by atoms with van der Waals surface area (Å²) in [6, 6.07) is 3.56. The highest BCUT2D eigenvalue weighted by Crippen LogP contribution is 2.36. The van der Waals surface area contributed by atoms with Crippen LogP contribution in [0.3, 0.4) is 0 Å². The van der Waals surface area contributed by atoms with Gasteiger partial charge in [-0.25, -0.2) is 17.6 Å². The molecule has 0 N–H and O–H groups in total. The van der Waals surface area contributed by atoms with Crippen molar-refractivity contribution in [3.63, 3.8) is 0 Å². The van der Waals surface area contributed by atoms with Crippen LogP contribution >= 0.6 is 0 Å². The van der Waals surface area contributed by atoms with E-state index in [1.165, 1.54) is 13.8 Å². The van der Waals surface area contributed by atoms with Crippen LogP contribution in [-0.4, -0.2) is 6.36 Å². The van der Waals surface area contributed by atoms with E-state index in [9.17, 15) is 30.7 Å². The van der Waals surface area contributed by atoms with Crippen molar-refractivity contribution in [1.29, 1.82) is 0 Å². The maximum Gasteiger partial charge on any atom is 0.573 e. The molecule has 0 aliphatic carbocycles. The number of alkyl halides is 3. The first-order valence-corrected chi connectivity index (χ1v) is 6.75. The Balaban J connectivity index is 2.64. The van der Waals surface area contributed by atoms with Crippen LogP contribution in [0.5, 0.6) is 5.75 Å². The Morgan fingerprint density at radius 2 is 1.42 bits per heavy atom. The molecule has 130 valence electrons. The van der Waals surface area contributed by atoms with Crippen LogP contribution in [0.2, 0.25) is 0 Å². The van der Waals surface area contributed by atoms with Crippen molar-refractivity contribution in [3.05, 3.63) is 53.1 Å². The second-order valence-corrected chi connectivity index (χ2v) is 5.27. The minimum absolute atomic E-state index is 0.486. The van der Waals surface area contributed by atoms with E-state index in [2.05, 4.69) is 4.74 Å². The molecule has 0 spiro atoms. The fourth-order valence-electron chi connectivity index (χ4n) is 2.26. The highest BCUT2D eigenvalue weighted by molar-refractivity contribution is 5.67. The number of benzene rings is 2. The molecule has 0 aliphatic heterocycles. The van der Waals surface area contributed by atoms with E-state index in [0.29, 0.717) is 6.07 Å². The highest BCUT2D eigenvalue weighted by atomic mass is 19.4. The summed E-state index contributed by atoms with van der Waals surface area (Å²) in [5, 5.41) is 0. The molecule has 0 saturated heterocycles. The molecule has 0 saturated carbocycles. The van der Waals surface area contributed by atoms with Crippen LogP contribution in [0.1, 0.15) is 25.3 Å². The normalized spacial score (nSPS) is 11.9. The summed E-state index contributed by atoms with van der Waals surface area (Å²) in [7, 11) is 0. The smallest absolute Gasteiger partial charge is 0.406 e. The average molecular weight is 352 g/mol. The zero-order valence-corrected chi connectivity index (χ0v) is 12.4. The first-order chi connectivity index (χ1) is 11.0. The number of hydrogen-bond acceptors (Lipinski definition) is 1. The van der Waals surface area contributed by atoms with Crippen molar-refractivity contribution in [1.82, 2.24) is 0 Å². The third-order valence-electron chi connectivity index (χ3n) is 3.23. The van der Waals surface area contributed by atoms with Crippen LogP contribution in [0.15, 0.2) is 24.3 Å². The predicted molar refractivity (Wildman–Crippen MR) is 72.5 cm³/mol. The van der Waals surface area contributed by atoms with Gasteiger partial charge in [0.15, 0.2) is 23.3 Å². The lowest BCUT2D eigenvalue weighted by Crippen LogP contribution is -2.17. The molecular weight excluding hydrogens is 341 g/mol. The Morgan fingerprint density at radius 3 is 1.88 bits per heavy atom. The molecule has 0 bridgehead atoms. The second kappa shape index (κ2) is 6.33. The quantitative estimate of drug-likeness (QED) is 0.491. The van der Waals surface area contributed by atoms with Crippen LogP contribution in [0.4, 0.5) is 30.7 Å². The van der Waals surface area contributed by atoms with E-state index in [4.69, 9.17) is 0 Å².